The van der Waals surface area contributed by atoms with Crippen molar-refractivity contribution in [3.8, 4) is 0 Å². The fourth-order valence-electron chi connectivity index (χ4n) is 4.47. The van der Waals surface area contributed by atoms with Gasteiger partial charge >= 0.3 is 6.18 Å². The van der Waals surface area contributed by atoms with E-state index < -0.39 is 17.6 Å². The molecule has 0 aliphatic rings. The Balaban J connectivity index is 1.52. The van der Waals surface area contributed by atoms with Crippen molar-refractivity contribution in [3.63, 3.8) is 0 Å². The highest BCUT2D eigenvalue weighted by molar-refractivity contribution is 5.96. The van der Waals surface area contributed by atoms with Crippen LogP contribution in [-0.2, 0) is 23.9 Å². The Morgan fingerprint density at radius 3 is 2.23 bits per heavy atom. The molecular formula is C30H29F4N3O2. The summed E-state index contributed by atoms with van der Waals surface area (Å²) in [5.74, 6) is -1.21. The van der Waals surface area contributed by atoms with Gasteiger partial charge in [-0.05, 0) is 66.4 Å². The molecule has 0 saturated heterocycles. The van der Waals surface area contributed by atoms with Crippen LogP contribution in [0.15, 0.2) is 79.0 Å². The molecule has 0 bridgehead atoms. The number of para-hydroxylation sites is 1. The third kappa shape index (κ3) is 7.04. The number of amides is 2. The minimum Gasteiger partial charge on any atom is -0.361 e. The van der Waals surface area contributed by atoms with Crippen LogP contribution >= 0.6 is 0 Å². The normalized spacial score (nSPS) is 11.5. The summed E-state index contributed by atoms with van der Waals surface area (Å²) in [6, 6.07) is 17.7. The molecule has 0 radical (unpaired) electrons. The number of nitrogens with zero attached hydrogens (tertiary/aromatic N) is 2. The SMILES string of the molecule is CCCN(CC(=O)N(CCc1c[nH]c2ccccc12)Cc1ccc(F)cc1)C(=O)c1ccc(C(F)(F)F)cc1. The number of hydrogen-bond acceptors (Lipinski definition) is 2. The molecule has 1 aromatic heterocycles. The van der Waals surface area contributed by atoms with Crippen molar-refractivity contribution < 1.29 is 27.2 Å². The maximum Gasteiger partial charge on any atom is 0.416 e. The number of rotatable bonds is 10. The third-order valence-electron chi connectivity index (χ3n) is 6.53. The molecule has 0 atom stereocenters. The molecule has 5 nitrogen and oxygen atoms in total. The number of H-pyrrole nitrogens is 1. The predicted molar refractivity (Wildman–Crippen MR) is 141 cm³/mol. The molecule has 1 N–H and O–H groups in total. The summed E-state index contributed by atoms with van der Waals surface area (Å²) in [4.78, 5) is 32.9. The number of aromatic nitrogens is 1. The first kappa shape index (κ1) is 27.9. The van der Waals surface area contributed by atoms with Gasteiger partial charge in [0, 0.05) is 42.3 Å². The molecule has 0 aliphatic carbocycles. The fraction of sp³-hybridized carbons (Fsp3) is 0.267. The highest BCUT2D eigenvalue weighted by Crippen LogP contribution is 2.29. The van der Waals surface area contributed by atoms with Crippen LogP contribution in [0.3, 0.4) is 0 Å². The zero-order chi connectivity index (χ0) is 28.0. The van der Waals surface area contributed by atoms with Crippen molar-refractivity contribution in [1.82, 2.24) is 14.8 Å². The number of benzene rings is 3. The van der Waals surface area contributed by atoms with E-state index in [-0.39, 0.29) is 36.9 Å². The molecule has 0 unspecified atom stereocenters. The van der Waals surface area contributed by atoms with E-state index in [1.165, 1.54) is 17.0 Å². The van der Waals surface area contributed by atoms with E-state index in [2.05, 4.69) is 4.98 Å². The first-order valence-corrected chi connectivity index (χ1v) is 12.7. The molecule has 204 valence electrons. The van der Waals surface area contributed by atoms with E-state index >= 15 is 0 Å². The summed E-state index contributed by atoms with van der Waals surface area (Å²) in [6.45, 7) is 2.45. The zero-order valence-corrected chi connectivity index (χ0v) is 21.5. The van der Waals surface area contributed by atoms with Gasteiger partial charge in [-0.2, -0.15) is 13.2 Å². The molecule has 3 aromatic carbocycles. The van der Waals surface area contributed by atoms with Crippen LogP contribution in [0, 0.1) is 5.82 Å². The molecule has 0 fully saturated rings. The quantitative estimate of drug-likeness (QED) is 0.236. The van der Waals surface area contributed by atoms with E-state index in [9.17, 15) is 27.2 Å². The largest absolute Gasteiger partial charge is 0.416 e. The lowest BCUT2D eigenvalue weighted by molar-refractivity contribution is -0.137. The Morgan fingerprint density at radius 2 is 1.56 bits per heavy atom. The van der Waals surface area contributed by atoms with Gasteiger partial charge in [-0.1, -0.05) is 37.3 Å². The average Bonchev–Trinajstić information content (AvgIpc) is 3.34. The highest BCUT2D eigenvalue weighted by Gasteiger charge is 2.30. The molecule has 1 heterocycles. The number of halogens is 4. The van der Waals surface area contributed by atoms with E-state index in [0.29, 0.717) is 19.4 Å². The lowest BCUT2D eigenvalue weighted by Crippen LogP contribution is -2.43. The summed E-state index contributed by atoms with van der Waals surface area (Å²) in [6.07, 6.45) is -1.49. The smallest absolute Gasteiger partial charge is 0.361 e. The number of aromatic amines is 1. The first-order valence-electron chi connectivity index (χ1n) is 12.7. The number of nitrogens with one attached hydrogen (secondary N) is 1. The molecular weight excluding hydrogens is 510 g/mol. The Bertz CT molecular complexity index is 1410. The maximum atomic E-state index is 13.5. The van der Waals surface area contributed by atoms with Crippen LogP contribution in [0.2, 0.25) is 0 Å². The number of fused-ring (bicyclic) bond motifs is 1. The number of hydrogen-bond donors (Lipinski definition) is 1. The van der Waals surface area contributed by atoms with Crippen molar-refractivity contribution >= 4 is 22.7 Å². The summed E-state index contributed by atoms with van der Waals surface area (Å²) in [7, 11) is 0. The predicted octanol–water partition coefficient (Wildman–Crippen LogP) is 6.45. The second-order valence-corrected chi connectivity index (χ2v) is 9.35. The van der Waals surface area contributed by atoms with E-state index in [1.54, 1.807) is 17.0 Å². The van der Waals surface area contributed by atoms with Gasteiger partial charge in [0.15, 0.2) is 0 Å². The molecule has 0 aliphatic heterocycles. The number of alkyl halides is 3. The van der Waals surface area contributed by atoms with Gasteiger partial charge in [0.2, 0.25) is 5.91 Å². The minimum absolute atomic E-state index is 0.0770. The van der Waals surface area contributed by atoms with E-state index in [1.807, 2.05) is 37.4 Å². The number of carbonyl (C=O) groups excluding carboxylic acids is 2. The molecule has 2 amide bonds. The summed E-state index contributed by atoms with van der Waals surface area (Å²) >= 11 is 0. The molecule has 0 saturated carbocycles. The monoisotopic (exact) mass is 539 g/mol. The molecule has 9 heteroatoms. The molecule has 4 aromatic rings. The maximum absolute atomic E-state index is 13.5. The molecule has 4 rings (SSSR count). The van der Waals surface area contributed by atoms with Crippen LogP contribution < -0.4 is 0 Å². The zero-order valence-electron chi connectivity index (χ0n) is 21.5. The summed E-state index contributed by atoms with van der Waals surface area (Å²) < 4.78 is 52.3. The van der Waals surface area contributed by atoms with Crippen molar-refractivity contribution in [2.45, 2.75) is 32.5 Å². The topological polar surface area (TPSA) is 56.4 Å². The van der Waals surface area contributed by atoms with Gasteiger partial charge in [-0.25, -0.2) is 4.39 Å². The highest BCUT2D eigenvalue weighted by atomic mass is 19.4. The van der Waals surface area contributed by atoms with Gasteiger partial charge < -0.3 is 14.8 Å². The van der Waals surface area contributed by atoms with Crippen molar-refractivity contribution in [1.29, 1.82) is 0 Å². The fourth-order valence-corrected chi connectivity index (χ4v) is 4.47. The van der Waals surface area contributed by atoms with Gasteiger partial charge in [0.1, 0.15) is 12.4 Å². The van der Waals surface area contributed by atoms with Crippen molar-refractivity contribution in [2.75, 3.05) is 19.6 Å². The van der Waals surface area contributed by atoms with Crippen molar-refractivity contribution in [3.05, 3.63) is 107 Å². The molecule has 39 heavy (non-hydrogen) atoms. The molecule has 0 spiro atoms. The lowest BCUT2D eigenvalue weighted by atomic mass is 10.1. The Hall–Kier alpha value is -4.14. The summed E-state index contributed by atoms with van der Waals surface area (Å²) in [5.41, 5.74) is 1.99. The van der Waals surface area contributed by atoms with Crippen LogP contribution in [0.25, 0.3) is 10.9 Å². The minimum atomic E-state index is -4.51. The van der Waals surface area contributed by atoms with Crippen LogP contribution in [0.5, 0.6) is 0 Å². The van der Waals surface area contributed by atoms with E-state index in [0.717, 1.165) is 46.3 Å². The van der Waals surface area contributed by atoms with Crippen LogP contribution in [0.1, 0.15) is 40.4 Å². The Morgan fingerprint density at radius 1 is 0.872 bits per heavy atom. The number of carbonyl (C=O) groups is 2. The van der Waals surface area contributed by atoms with Crippen LogP contribution in [-0.4, -0.2) is 46.2 Å². The van der Waals surface area contributed by atoms with E-state index in [4.69, 9.17) is 0 Å². The summed E-state index contributed by atoms with van der Waals surface area (Å²) in [5, 5.41) is 1.05. The standard InChI is InChI=1S/C30H29F4N3O2/c1-2-16-37(29(39)22-9-11-24(12-10-22)30(32,33)34)20-28(38)36(19-21-7-13-25(31)14-8-21)17-15-23-18-35-27-6-4-3-5-26(23)27/h3-14,18,35H,2,15-17,19-20H2,1H3. The second kappa shape index (κ2) is 12.1. The Kier molecular flexibility index (Phi) is 8.69. The second-order valence-electron chi connectivity index (χ2n) is 9.35. The van der Waals surface area contributed by atoms with Gasteiger partial charge in [-0.15, -0.1) is 0 Å². The van der Waals surface area contributed by atoms with Gasteiger partial charge in [0.25, 0.3) is 5.91 Å². The van der Waals surface area contributed by atoms with Gasteiger partial charge in [-0.3, -0.25) is 9.59 Å². The van der Waals surface area contributed by atoms with Crippen molar-refractivity contribution in [2.24, 2.45) is 0 Å². The van der Waals surface area contributed by atoms with Gasteiger partial charge in [0.05, 0.1) is 5.56 Å². The third-order valence-corrected chi connectivity index (χ3v) is 6.53. The van der Waals surface area contributed by atoms with Crippen LogP contribution in [0.4, 0.5) is 17.6 Å². The Labute approximate surface area is 224 Å². The first-order chi connectivity index (χ1) is 18.7. The average molecular weight is 540 g/mol. The lowest BCUT2D eigenvalue weighted by Gasteiger charge is -2.28.